The number of nitrogens with zero attached hydrogens (tertiary/aromatic N) is 6. The highest BCUT2D eigenvalue weighted by atomic mass is 16.4. The molecule has 0 aliphatic carbocycles. The van der Waals surface area contributed by atoms with Crippen molar-refractivity contribution in [3.63, 3.8) is 0 Å². The Morgan fingerprint density at radius 1 is 1.26 bits per heavy atom. The molecule has 1 saturated heterocycles. The van der Waals surface area contributed by atoms with Crippen LogP contribution in [0, 0.1) is 13.8 Å². The molecule has 0 saturated carbocycles. The predicted octanol–water partition coefficient (Wildman–Crippen LogP) is 2.77. The fourth-order valence-electron chi connectivity index (χ4n) is 4.28. The number of likely N-dealkylation sites (tertiary alicyclic amines) is 1. The summed E-state index contributed by atoms with van der Waals surface area (Å²) < 4.78 is 7.38. The Morgan fingerprint density at radius 2 is 2.06 bits per heavy atom. The average molecular weight is 460 g/mol. The van der Waals surface area contributed by atoms with E-state index < -0.39 is 5.91 Å². The quantitative estimate of drug-likeness (QED) is 0.442. The first-order chi connectivity index (χ1) is 16.4. The minimum atomic E-state index is -0.542. The summed E-state index contributed by atoms with van der Waals surface area (Å²) in [4.78, 5) is 39.8. The lowest BCUT2D eigenvalue weighted by Crippen LogP contribution is -2.40. The van der Waals surface area contributed by atoms with Crippen LogP contribution in [-0.4, -0.2) is 54.5 Å². The second kappa shape index (κ2) is 8.25. The zero-order chi connectivity index (χ0) is 24.0. The molecule has 1 aliphatic heterocycles. The number of anilines is 2. The lowest BCUT2D eigenvalue weighted by atomic mass is 10.1. The Morgan fingerprint density at radius 3 is 2.85 bits per heavy atom. The number of rotatable bonds is 4. The Hall–Kier alpha value is -4.28. The summed E-state index contributed by atoms with van der Waals surface area (Å²) in [5.41, 5.74) is 9.97. The summed E-state index contributed by atoms with van der Waals surface area (Å²) in [7, 11) is 0. The van der Waals surface area contributed by atoms with Crippen LogP contribution in [0.3, 0.4) is 0 Å². The normalized spacial score (nSPS) is 16.2. The molecule has 0 radical (unpaired) electrons. The van der Waals surface area contributed by atoms with Gasteiger partial charge in [-0.1, -0.05) is 6.58 Å². The molecular formula is C23H24N8O3. The molecule has 11 heteroatoms. The minimum Gasteiger partial charge on any atom is -0.423 e. The number of hydrogen-bond donors (Lipinski definition) is 2. The van der Waals surface area contributed by atoms with Gasteiger partial charge in [0.1, 0.15) is 17.7 Å². The second-order valence-electron chi connectivity index (χ2n) is 8.41. The molecule has 2 amide bonds. The molecule has 11 nitrogen and oxygen atoms in total. The van der Waals surface area contributed by atoms with Gasteiger partial charge < -0.3 is 15.1 Å². The number of aryl methyl sites for hydroxylation is 2. The molecule has 1 aliphatic rings. The first kappa shape index (κ1) is 21.6. The second-order valence-corrected chi connectivity index (χ2v) is 8.41. The first-order valence-electron chi connectivity index (χ1n) is 10.9. The van der Waals surface area contributed by atoms with Gasteiger partial charge in [0.05, 0.1) is 11.4 Å². The van der Waals surface area contributed by atoms with E-state index in [0.29, 0.717) is 35.2 Å². The predicted molar refractivity (Wildman–Crippen MR) is 126 cm³/mol. The molecule has 3 aromatic heterocycles. The van der Waals surface area contributed by atoms with Gasteiger partial charge in [-0.25, -0.2) is 14.6 Å². The van der Waals surface area contributed by atoms with E-state index in [9.17, 15) is 9.59 Å². The third-order valence-electron chi connectivity index (χ3n) is 6.19. The minimum absolute atomic E-state index is 0.0588. The van der Waals surface area contributed by atoms with Crippen molar-refractivity contribution < 1.29 is 14.0 Å². The molecule has 0 bridgehead atoms. The van der Waals surface area contributed by atoms with Crippen LogP contribution < -0.4 is 11.1 Å². The van der Waals surface area contributed by atoms with Gasteiger partial charge in [-0.3, -0.25) is 14.9 Å². The number of nitrogen functional groups attached to an aromatic ring is 1. The van der Waals surface area contributed by atoms with Crippen LogP contribution >= 0.6 is 0 Å². The summed E-state index contributed by atoms with van der Waals surface area (Å²) in [5.74, 6) is -0.546. The van der Waals surface area contributed by atoms with Crippen molar-refractivity contribution in [1.82, 2.24) is 29.6 Å². The van der Waals surface area contributed by atoms with Gasteiger partial charge >= 0.3 is 6.01 Å². The van der Waals surface area contributed by atoms with E-state index in [0.717, 1.165) is 24.0 Å². The highest BCUT2D eigenvalue weighted by molar-refractivity contribution is 6.12. The van der Waals surface area contributed by atoms with E-state index in [1.54, 1.807) is 9.58 Å². The number of amides is 2. The molecule has 1 unspecified atom stereocenters. The Balaban J connectivity index is 1.50. The molecule has 0 spiro atoms. The van der Waals surface area contributed by atoms with Crippen LogP contribution in [0.1, 0.15) is 40.5 Å². The van der Waals surface area contributed by atoms with Crippen molar-refractivity contribution in [2.45, 2.75) is 32.7 Å². The van der Waals surface area contributed by atoms with E-state index in [1.165, 1.54) is 12.4 Å². The van der Waals surface area contributed by atoms with Crippen molar-refractivity contribution in [3.8, 4) is 0 Å². The number of hydrogen-bond acceptors (Lipinski definition) is 8. The van der Waals surface area contributed by atoms with E-state index in [4.69, 9.17) is 10.2 Å². The molecule has 5 rings (SSSR count). The third kappa shape index (κ3) is 3.64. The van der Waals surface area contributed by atoms with Gasteiger partial charge in [-0.05, 0) is 56.0 Å². The fourth-order valence-corrected chi connectivity index (χ4v) is 4.28. The standard InChI is InChI=1S/C23H24N8O3/c1-4-17(32)30-7-5-6-14(10-30)31-21-18(20(24)25-11-26-21)19(29-31)22(33)28-23-27-15-8-12(2)13(3)9-16(15)34-23/h4,8-9,11,14H,1,5-7,10H2,2-3H3,(H2,24,25,26)(H,27,28,33). The SMILES string of the molecule is C=CC(=O)N1CCCC(n2nc(C(=O)Nc3nc4cc(C)c(C)cc4o3)c3c(N)ncnc32)C1. The number of nitrogens with one attached hydrogen (secondary N) is 1. The number of carbonyl (C=O) groups excluding carboxylic acids is 2. The van der Waals surface area contributed by atoms with Crippen molar-refractivity contribution in [3.05, 3.63) is 47.9 Å². The van der Waals surface area contributed by atoms with Gasteiger partial charge in [0.15, 0.2) is 16.9 Å². The van der Waals surface area contributed by atoms with Crippen molar-refractivity contribution in [2.75, 3.05) is 24.1 Å². The van der Waals surface area contributed by atoms with Gasteiger partial charge in [0.2, 0.25) is 5.91 Å². The molecule has 4 aromatic rings. The monoisotopic (exact) mass is 460 g/mol. The topological polar surface area (TPSA) is 145 Å². The van der Waals surface area contributed by atoms with Crippen LogP contribution in [0.5, 0.6) is 0 Å². The summed E-state index contributed by atoms with van der Waals surface area (Å²) in [6, 6.07) is 3.66. The zero-order valence-corrected chi connectivity index (χ0v) is 18.9. The third-order valence-corrected chi connectivity index (χ3v) is 6.19. The largest absolute Gasteiger partial charge is 0.423 e. The highest BCUT2D eigenvalue weighted by Crippen LogP contribution is 2.29. The van der Waals surface area contributed by atoms with Gasteiger partial charge in [0, 0.05) is 13.1 Å². The molecular weight excluding hydrogens is 436 g/mol. The highest BCUT2D eigenvalue weighted by Gasteiger charge is 2.29. The van der Waals surface area contributed by atoms with E-state index in [2.05, 4.69) is 31.9 Å². The summed E-state index contributed by atoms with van der Waals surface area (Å²) in [6.07, 6.45) is 4.19. The number of fused-ring (bicyclic) bond motifs is 2. The lowest BCUT2D eigenvalue weighted by Gasteiger charge is -2.32. The smallest absolute Gasteiger partial charge is 0.302 e. The fraction of sp³-hybridized carbons (Fsp3) is 0.304. The number of aromatic nitrogens is 5. The Labute approximate surface area is 194 Å². The van der Waals surface area contributed by atoms with E-state index in [1.807, 2.05) is 26.0 Å². The van der Waals surface area contributed by atoms with Crippen LogP contribution in [0.4, 0.5) is 11.8 Å². The van der Waals surface area contributed by atoms with Crippen molar-refractivity contribution in [2.24, 2.45) is 0 Å². The molecule has 3 N–H and O–H groups in total. The van der Waals surface area contributed by atoms with Gasteiger partial charge in [0.25, 0.3) is 5.91 Å². The molecule has 174 valence electrons. The summed E-state index contributed by atoms with van der Waals surface area (Å²) in [6.45, 7) is 8.60. The number of carbonyl (C=O) groups is 2. The van der Waals surface area contributed by atoms with E-state index in [-0.39, 0.29) is 29.5 Å². The zero-order valence-electron chi connectivity index (χ0n) is 18.9. The van der Waals surface area contributed by atoms with Crippen molar-refractivity contribution >= 4 is 45.8 Å². The Bertz CT molecular complexity index is 1410. The van der Waals surface area contributed by atoms with Gasteiger partial charge in [-0.2, -0.15) is 10.1 Å². The molecule has 1 aromatic carbocycles. The average Bonchev–Trinajstić information content (AvgIpc) is 3.40. The Kier molecular flexibility index (Phi) is 5.23. The summed E-state index contributed by atoms with van der Waals surface area (Å²) in [5, 5.41) is 7.58. The van der Waals surface area contributed by atoms with Crippen LogP contribution in [0.2, 0.25) is 0 Å². The molecule has 34 heavy (non-hydrogen) atoms. The van der Waals surface area contributed by atoms with Crippen LogP contribution in [0.15, 0.2) is 35.5 Å². The van der Waals surface area contributed by atoms with Crippen LogP contribution in [0.25, 0.3) is 22.1 Å². The molecule has 1 fully saturated rings. The van der Waals surface area contributed by atoms with Crippen molar-refractivity contribution in [1.29, 1.82) is 0 Å². The van der Waals surface area contributed by atoms with E-state index >= 15 is 0 Å². The maximum absolute atomic E-state index is 13.2. The number of oxazole rings is 1. The van der Waals surface area contributed by atoms with Crippen LogP contribution in [-0.2, 0) is 4.79 Å². The molecule has 4 heterocycles. The van der Waals surface area contributed by atoms with Gasteiger partial charge in [-0.15, -0.1) is 0 Å². The summed E-state index contributed by atoms with van der Waals surface area (Å²) >= 11 is 0. The number of piperidine rings is 1. The lowest BCUT2D eigenvalue weighted by molar-refractivity contribution is -0.127. The number of benzene rings is 1. The molecule has 1 atom stereocenters. The maximum Gasteiger partial charge on any atom is 0.302 e. The first-order valence-corrected chi connectivity index (χ1v) is 10.9. The number of nitrogens with two attached hydrogens (primary N) is 1. The maximum atomic E-state index is 13.2.